The Bertz CT molecular complexity index is 228. The van der Waals surface area contributed by atoms with E-state index >= 15 is 0 Å². The lowest BCUT2D eigenvalue weighted by Gasteiger charge is -2.41. The first kappa shape index (κ1) is 7.86. The van der Waals surface area contributed by atoms with Gasteiger partial charge in [-0.2, -0.15) is 0 Å². The SMILES string of the molecule is CN1C(C2CC2)C=CN1C1CCC1. The molecule has 0 aromatic carbocycles. The van der Waals surface area contributed by atoms with Crippen molar-refractivity contribution in [2.24, 2.45) is 5.92 Å². The average Bonchev–Trinajstić information content (AvgIpc) is 2.78. The summed E-state index contributed by atoms with van der Waals surface area (Å²) < 4.78 is 0. The summed E-state index contributed by atoms with van der Waals surface area (Å²) in [4.78, 5) is 0. The van der Waals surface area contributed by atoms with Gasteiger partial charge in [0.15, 0.2) is 0 Å². The molecule has 2 aliphatic carbocycles. The van der Waals surface area contributed by atoms with Crippen LogP contribution in [0.1, 0.15) is 32.1 Å². The fourth-order valence-corrected chi connectivity index (χ4v) is 2.49. The minimum absolute atomic E-state index is 0.723. The molecule has 0 saturated heterocycles. The van der Waals surface area contributed by atoms with Crippen LogP contribution in [0.2, 0.25) is 0 Å². The van der Waals surface area contributed by atoms with E-state index in [0.29, 0.717) is 0 Å². The van der Waals surface area contributed by atoms with E-state index in [1.165, 1.54) is 32.1 Å². The van der Waals surface area contributed by atoms with Gasteiger partial charge in [0.25, 0.3) is 0 Å². The van der Waals surface area contributed by atoms with Crippen LogP contribution in [0, 0.1) is 5.92 Å². The minimum Gasteiger partial charge on any atom is -0.310 e. The van der Waals surface area contributed by atoms with Gasteiger partial charge in [-0.15, -0.1) is 0 Å². The predicted octanol–water partition coefficient (Wildman–Crippen LogP) is 1.99. The molecule has 2 saturated carbocycles. The van der Waals surface area contributed by atoms with Crippen LogP contribution in [0.5, 0.6) is 0 Å². The summed E-state index contributed by atoms with van der Waals surface area (Å²) in [5, 5.41) is 4.92. The zero-order valence-corrected chi connectivity index (χ0v) is 8.32. The average molecular weight is 178 g/mol. The maximum Gasteiger partial charge on any atom is 0.0515 e. The maximum atomic E-state index is 2.46. The van der Waals surface area contributed by atoms with Crippen LogP contribution in [0.4, 0.5) is 0 Å². The van der Waals surface area contributed by atoms with E-state index < -0.39 is 0 Å². The van der Waals surface area contributed by atoms with Crippen molar-refractivity contribution < 1.29 is 0 Å². The topological polar surface area (TPSA) is 6.48 Å². The third-order valence-electron chi connectivity index (χ3n) is 3.79. The molecule has 1 aliphatic heterocycles. The number of hydrazine groups is 1. The van der Waals surface area contributed by atoms with Crippen molar-refractivity contribution in [3.8, 4) is 0 Å². The lowest BCUT2D eigenvalue weighted by molar-refractivity contribution is -0.0264. The zero-order chi connectivity index (χ0) is 8.84. The summed E-state index contributed by atoms with van der Waals surface area (Å²) >= 11 is 0. The third kappa shape index (κ3) is 1.19. The lowest BCUT2D eigenvalue weighted by atomic mass is 9.93. The highest BCUT2D eigenvalue weighted by atomic mass is 15.6. The molecule has 0 amide bonds. The smallest absolute Gasteiger partial charge is 0.0515 e. The quantitative estimate of drug-likeness (QED) is 0.638. The van der Waals surface area contributed by atoms with Crippen molar-refractivity contribution in [1.29, 1.82) is 0 Å². The fraction of sp³-hybridized carbons (Fsp3) is 0.818. The van der Waals surface area contributed by atoms with Crippen molar-refractivity contribution in [2.75, 3.05) is 7.05 Å². The number of rotatable bonds is 2. The summed E-state index contributed by atoms with van der Waals surface area (Å²) in [6.07, 6.45) is 11.8. The Kier molecular flexibility index (Phi) is 1.66. The molecule has 72 valence electrons. The molecule has 0 aromatic heterocycles. The summed E-state index contributed by atoms with van der Waals surface area (Å²) in [6.45, 7) is 0. The van der Waals surface area contributed by atoms with Gasteiger partial charge in [0.2, 0.25) is 0 Å². The van der Waals surface area contributed by atoms with Crippen LogP contribution in [-0.2, 0) is 0 Å². The van der Waals surface area contributed by atoms with E-state index in [4.69, 9.17) is 0 Å². The molecule has 0 radical (unpaired) electrons. The second-order valence-electron chi connectivity index (χ2n) is 4.71. The first-order chi connectivity index (χ1) is 6.36. The predicted molar refractivity (Wildman–Crippen MR) is 52.9 cm³/mol. The van der Waals surface area contributed by atoms with E-state index in [2.05, 4.69) is 29.3 Å². The van der Waals surface area contributed by atoms with Crippen molar-refractivity contribution in [1.82, 2.24) is 10.0 Å². The van der Waals surface area contributed by atoms with Gasteiger partial charge < -0.3 is 5.01 Å². The Morgan fingerprint density at radius 1 is 1.15 bits per heavy atom. The fourth-order valence-electron chi connectivity index (χ4n) is 2.49. The highest BCUT2D eigenvalue weighted by Crippen LogP contribution is 2.40. The van der Waals surface area contributed by atoms with Crippen LogP contribution < -0.4 is 0 Å². The van der Waals surface area contributed by atoms with E-state index in [1.54, 1.807) is 0 Å². The van der Waals surface area contributed by atoms with Gasteiger partial charge >= 0.3 is 0 Å². The Balaban J connectivity index is 1.68. The Hall–Kier alpha value is -0.500. The molecule has 1 unspecified atom stereocenters. The van der Waals surface area contributed by atoms with Crippen molar-refractivity contribution >= 4 is 0 Å². The molecule has 3 rings (SSSR count). The highest BCUT2D eigenvalue weighted by Gasteiger charge is 2.39. The minimum atomic E-state index is 0.723. The second kappa shape index (κ2) is 2.74. The van der Waals surface area contributed by atoms with E-state index in [-0.39, 0.29) is 0 Å². The van der Waals surface area contributed by atoms with Crippen molar-refractivity contribution in [3.63, 3.8) is 0 Å². The number of hydrogen-bond acceptors (Lipinski definition) is 2. The van der Waals surface area contributed by atoms with Crippen LogP contribution in [-0.4, -0.2) is 29.1 Å². The molecule has 2 fully saturated rings. The molecule has 0 aromatic rings. The lowest BCUT2D eigenvalue weighted by Crippen LogP contribution is -2.47. The van der Waals surface area contributed by atoms with Crippen LogP contribution in [0.3, 0.4) is 0 Å². The zero-order valence-electron chi connectivity index (χ0n) is 8.32. The van der Waals surface area contributed by atoms with Crippen LogP contribution in [0.25, 0.3) is 0 Å². The number of hydrogen-bond donors (Lipinski definition) is 0. The molecule has 0 bridgehead atoms. The summed E-state index contributed by atoms with van der Waals surface area (Å²) in [5.41, 5.74) is 0. The first-order valence-electron chi connectivity index (χ1n) is 5.55. The molecule has 13 heavy (non-hydrogen) atoms. The van der Waals surface area contributed by atoms with Crippen LogP contribution in [0.15, 0.2) is 12.3 Å². The third-order valence-corrected chi connectivity index (χ3v) is 3.79. The molecule has 0 spiro atoms. The molecule has 3 aliphatic rings. The van der Waals surface area contributed by atoms with E-state index in [1.807, 2.05) is 0 Å². The molecule has 2 heteroatoms. The highest BCUT2D eigenvalue weighted by molar-refractivity contribution is 5.07. The van der Waals surface area contributed by atoms with Gasteiger partial charge in [0.05, 0.1) is 6.04 Å². The largest absolute Gasteiger partial charge is 0.310 e. The molecule has 0 N–H and O–H groups in total. The van der Waals surface area contributed by atoms with Gasteiger partial charge in [-0.3, -0.25) is 0 Å². The molecule has 1 atom stereocenters. The van der Waals surface area contributed by atoms with Gasteiger partial charge in [-0.1, -0.05) is 0 Å². The standard InChI is InChI=1S/C11H18N2/c1-12-11(9-5-6-9)7-8-13(12)10-3-2-4-10/h7-11H,2-6H2,1H3. The van der Waals surface area contributed by atoms with E-state index in [9.17, 15) is 0 Å². The van der Waals surface area contributed by atoms with Gasteiger partial charge in [0, 0.05) is 19.3 Å². The Labute approximate surface area is 80.2 Å². The van der Waals surface area contributed by atoms with Gasteiger partial charge in [0.1, 0.15) is 0 Å². The molecular formula is C11H18N2. The Morgan fingerprint density at radius 3 is 2.46 bits per heavy atom. The van der Waals surface area contributed by atoms with Crippen molar-refractivity contribution in [2.45, 2.75) is 44.2 Å². The van der Waals surface area contributed by atoms with Crippen LogP contribution >= 0.6 is 0 Å². The monoisotopic (exact) mass is 178 g/mol. The molecule has 2 nitrogen and oxygen atoms in total. The molecule has 1 heterocycles. The summed E-state index contributed by atoms with van der Waals surface area (Å²) in [7, 11) is 2.25. The van der Waals surface area contributed by atoms with Crippen molar-refractivity contribution in [3.05, 3.63) is 12.3 Å². The van der Waals surface area contributed by atoms with E-state index in [0.717, 1.165) is 18.0 Å². The summed E-state index contributed by atoms with van der Waals surface area (Å²) in [5.74, 6) is 0.964. The van der Waals surface area contributed by atoms with Gasteiger partial charge in [-0.25, -0.2) is 5.01 Å². The number of likely N-dealkylation sites (N-methyl/N-ethyl adjacent to an activating group) is 1. The first-order valence-corrected chi connectivity index (χ1v) is 5.55. The summed E-state index contributed by atoms with van der Waals surface area (Å²) in [6, 6.07) is 1.55. The second-order valence-corrected chi connectivity index (χ2v) is 4.71. The number of nitrogens with zero attached hydrogens (tertiary/aromatic N) is 2. The normalized spacial score (nSPS) is 35.5. The van der Waals surface area contributed by atoms with Gasteiger partial charge in [-0.05, 0) is 44.1 Å². The molecular weight excluding hydrogens is 160 g/mol. The Morgan fingerprint density at radius 2 is 1.92 bits per heavy atom. The maximum absolute atomic E-state index is 2.46.